The maximum atomic E-state index is 9.55. The van der Waals surface area contributed by atoms with Crippen molar-refractivity contribution in [2.45, 2.75) is 6.04 Å². The van der Waals surface area contributed by atoms with E-state index in [0.29, 0.717) is 30.3 Å². The molecule has 13 heteroatoms. The molecule has 2 aliphatic heterocycles. The number of nitrogens with zero attached hydrogens (tertiary/aromatic N) is 4. The lowest BCUT2D eigenvalue weighted by Crippen LogP contribution is -2.55. The first kappa shape index (κ1) is 26.7. The standard InChI is InChI=1S/C14H17N5.2C4H4O4/c1-18-9-17-6-13(18)10-2-12(5-15-3-10)19-8-11-4-16-7-14(11)19;2*5-3(6)1-2-4(7)8/h2-3,5-6,9,11,14,16H,4,7-8H2,1H3;2*1-2H,(H,5,6)(H,7,8)/b;2*2-1+/t11-,14-;;/m1../s1. The molecule has 13 nitrogen and oxygen atoms in total. The van der Waals surface area contributed by atoms with Crippen LogP contribution in [0.15, 0.2) is 55.3 Å². The fourth-order valence-electron chi connectivity index (χ4n) is 3.46. The lowest BCUT2D eigenvalue weighted by molar-refractivity contribution is -0.134. The fourth-order valence-corrected chi connectivity index (χ4v) is 3.46. The van der Waals surface area contributed by atoms with Gasteiger partial charge in [-0.15, -0.1) is 0 Å². The van der Waals surface area contributed by atoms with Gasteiger partial charge in [0.15, 0.2) is 0 Å². The lowest BCUT2D eigenvalue weighted by atomic mass is 9.91. The maximum absolute atomic E-state index is 9.55. The topological polar surface area (TPSA) is 195 Å². The molecule has 4 rings (SSSR count). The number of aromatic nitrogens is 3. The summed E-state index contributed by atoms with van der Waals surface area (Å²) >= 11 is 0. The normalized spacial score (nSPS) is 18.0. The summed E-state index contributed by atoms with van der Waals surface area (Å²) in [5.74, 6) is -4.21. The van der Waals surface area contributed by atoms with Crippen molar-refractivity contribution in [3.63, 3.8) is 0 Å². The summed E-state index contributed by atoms with van der Waals surface area (Å²) in [5, 5.41) is 34.7. The fraction of sp³-hybridized carbons (Fsp3) is 0.273. The molecule has 2 aromatic heterocycles. The predicted molar refractivity (Wildman–Crippen MR) is 123 cm³/mol. The van der Waals surface area contributed by atoms with Crippen molar-refractivity contribution in [2.24, 2.45) is 13.0 Å². The number of fused-ring (bicyclic) bond motifs is 1. The van der Waals surface area contributed by atoms with E-state index in [0.717, 1.165) is 36.8 Å². The summed E-state index contributed by atoms with van der Waals surface area (Å²) < 4.78 is 2.02. The molecule has 0 amide bonds. The smallest absolute Gasteiger partial charge is 0.328 e. The van der Waals surface area contributed by atoms with Crippen molar-refractivity contribution in [1.82, 2.24) is 19.9 Å². The van der Waals surface area contributed by atoms with Crippen LogP contribution in [0.5, 0.6) is 0 Å². The van der Waals surface area contributed by atoms with Crippen molar-refractivity contribution < 1.29 is 39.6 Å². The minimum Gasteiger partial charge on any atom is -0.478 e. The molecule has 186 valence electrons. The average Bonchev–Trinajstić information content (AvgIpc) is 3.37. The number of carbonyl (C=O) groups is 4. The molecule has 4 heterocycles. The van der Waals surface area contributed by atoms with Gasteiger partial charge in [0, 0.05) is 74.7 Å². The number of nitrogens with one attached hydrogen (secondary N) is 1. The third-order valence-corrected chi connectivity index (χ3v) is 5.04. The van der Waals surface area contributed by atoms with E-state index in [2.05, 4.69) is 26.3 Å². The Labute approximate surface area is 199 Å². The Balaban J connectivity index is 0.000000227. The Morgan fingerprint density at radius 3 is 1.91 bits per heavy atom. The summed E-state index contributed by atoms with van der Waals surface area (Å²) in [6.45, 7) is 3.41. The van der Waals surface area contributed by atoms with E-state index in [4.69, 9.17) is 20.4 Å². The Kier molecular flexibility index (Phi) is 9.66. The molecule has 0 spiro atoms. The lowest BCUT2D eigenvalue weighted by Gasteiger charge is -2.45. The molecule has 0 saturated carbocycles. The van der Waals surface area contributed by atoms with Gasteiger partial charge >= 0.3 is 23.9 Å². The second-order valence-corrected chi connectivity index (χ2v) is 7.48. The summed E-state index contributed by atoms with van der Waals surface area (Å²) in [6, 6.07) is 2.88. The first-order valence-corrected chi connectivity index (χ1v) is 10.3. The Morgan fingerprint density at radius 1 is 0.886 bits per heavy atom. The molecular weight excluding hydrogens is 462 g/mol. The van der Waals surface area contributed by atoms with Gasteiger partial charge in [-0.05, 0) is 6.07 Å². The second-order valence-electron chi connectivity index (χ2n) is 7.48. The summed E-state index contributed by atoms with van der Waals surface area (Å²) in [6.07, 6.45) is 9.81. The van der Waals surface area contributed by atoms with Crippen LogP contribution in [-0.4, -0.2) is 84.5 Å². The van der Waals surface area contributed by atoms with Gasteiger partial charge in [-0.25, -0.2) is 24.2 Å². The van der Waals surface area contributed by atoms with Gasteiger partial charge < -0.3 is 35.2 Å². The van der Waals surface area contributed by atoms with Gasteiger partial charge in [0.05, 0.1) is 30.1 Å². The third kappa shape index (κ3) is 8.40. The van der Waals surface area contributed by atoms with Crippen molar-refractivity contribution in [3.05, 3.63) is 55.3 Å². The molecule has 2 aliphatic rings. The highest BCUT2D eigenvalue weighted by Gasteiger charge is 2.42. The zero-order valence-corrected chi connectivity index (χ0v) is 18.7. The first-order chi connectivity index (χ1) is 16.6. The molecule has 0 bridgehead atoms. The van der Waals surface area contributed by atoms with E-state index in [1.807, 2.05) is 36.5 Å². The number of aryl methyl sites for hydroxylation is 1. The molecule has 2 saturated heterocycles. The quantitative estimate of drug-likeness (QED) is 0.350. The van der Waals surface area contributed by atoms with Crippen LogP contribution >= 0.6 is 0 Å². The van der Waals surface area contributed by atoms with Crippen molar-refractivity contribution >= 4 is 29.6 Å². The molecule has 35 heavy (non-hydrogen) atoms. The number of hydrogen-bond acceptors (Lipinski definition) is 8. The SMILES string of the molecule is Cn1cncc1-c1cncc(N2C[C@H]3CNC[C@H]32)c1.O=C(O)/C=C/C(=O)O.O=C(O)/C=C/C(=O)O. The van der Waals surface area contributed by atoms with Gasteiger partial charge in [0.1, 0.15) is 0 Å². The summed E-state index contributed by atoms with van der Waals surface area (Å²) in [4.78, 5) is 49.2. The van der Waals surface area contributed by atoms with Crippen molar-refractivity contribution in [3.8, 4) is 11.3 Å². The van der Waals surface area contributed by atoms with Crippen LogP contribution in [0.4, 0.5) is 5.69 Å². The summed E-state index contributed by atoms with van der Waals surface area (Å²) in [5.41, 5.74) is 3.46. The van der Waals surface area contributed by atoms with E-state index in [-0.39, 0.29) is 0 Å². The number of aliphatic carboxylic acids is 4. The number of carboxylic acids is 4. The highest BCUT2D eigenvalue weighted by atomic mass is 16.4. The number of carboxylic acid groups (broad SMARTS) is 4. The minimum absolute atomic E-state index is 0.558. The largest absolute Gasteiger partial charge is 0.478 e. The number of rotatable bonds is 6. The van der Waals surface area contributed by atoms with Crippen LogP contribution < -0.4 is 10.2 Å². The first-order valence-electron chi connectivity index (χ1n) is 10.3. The number of pyridine rings is 1. The second kappa shape index (κ2) is 12.6. The molecule has 2 aromatic rings. The molecule has 2 atom stereocenters. The van der Waals surface area contributed by atoms with Gasteiger partial charge in [-0.2, -0.15) is 0 Å². The van der Waals surface area contributed by atoms with E-state index in [1.54, 1.807) is 0 Å². The van der Waals surface area contributed by atoms with Gasteiger partial charge in [-0.3, -0.25) is 4.98 Å². The van der Waals surface area contributed by atoms with Crippen LogP contribution in [0, 0.1) is 5.92 Å². The zero-order chi connectivity index (χ0) is 26.0. The molecular formula is C22H25N5O8. The average molecular weight is 487 g/mol. The Hall–Kier alpha value is -4.52. The predicted octanol–water partition coefficient (Wildman–Crippen LogP) is 0.314. The number of hydrogen-bond donors (Lipinski definition) is 5. The van der Waals surface area contributed by atoms with E-state index >= 15 is 0 Å². The summed E-state index contributed by atoms with van der Waals surface area (Å²) in [7, 11) is 2.01. The van der Waals surface area contributed by atoms with E-state index in [1.165, 1.54) is 5.69 Å². The molecule has 0 radical (unpaired) electrons. The van der Waals surface area contributed by atoms with E-state index in [9.17, 15) is 19.2 Å². The molecule has 0 unspecified atom stereocenters. The monoisotopic (exact) mass is 487 g/mol. The molecule has 0 aromatic carbocycles. The maximum Gasteiger partial charge on any atom is 0.328 e. The number of imidazole rings is 1. The van der Waals surface area contributed by atoms with Crippen molar-refractivity contribution in [1.29, 1.82) is 0 Å². The van der Waals surface area contributed by atoms with Crippen LogP contribution in [0.25, 0.3) is 11.3 Å². The molecule has 5 N–H and O–H groups in total. The third-order valence-electron chi connectivity index (χ3n) is 5.04. The Morgan fingerprint density at radius 2 is 1.46 bits per heavy atom. The van der Waals surface area contributed by atoms with Gasteiger partial charge in [-0.1, -0.05) is 0 Å². The van der Waals surface area contributed by atoms with Crippen molar-refractivity contribution in [2.75, 3.05) is 24.5 Å². The minimum atomic E-state index is -1.26. The zero-order valence-electron chi connectivity index (χ0n) is 18.7. The van der Waals surface area contributed by atoms with Crippen LogP contribution in [0.3, 0.4) is 0 Å². The van der Waals surface area contributed by atoms with Crippen LogP contribution in [0.2, 0.25) is 0 Å². The van der Waals surface area contributed by atoms with Crippen LogP contribution in [0.1, 0.15) is 0 Å². The highest BCUT2D eigenvalue weighted by Crippen LogP contribution is 2.34. The van der Waals surface area contributed by atoms with Gasteiger partial charge in [0.25, 0.3) is 0 Å². The highest BCUT2D eigenvalue weighted by molar-refractivity contribution is 5.90. The molecule has 0 aliphatic carbocycles. The Bertz CT molecular complexity index is 1060. The number of anilines is 1. The van der Waals surface area contributed by atoms with Crippen LogP contribution in [-0.2, 0) is 26.2 Å². The van der Waals surface area contributed by atoms with Gasteiger partial charge in [0.2, 0.25) is 0 Å². The van der Waals surface area contributed by atoms with E-state index < -0.39 is 23.9 Å². The molecule has 2 fully saturated rings.